The first-order chi connectivity index (χ1) is 7.45. The van der Waals surface area contributed by atoms with Crippen LogP contribution in [0.4, 0.5) is 5.69 Å². The summed E-state index contributed by atoms with van der Waals surface area (Å²) < 4.78 is 6.65. The molecule has 78 valence electrons. The van der Waals surface area contributed by atoms with Gasteiger partial charge in [0, 0.05) is 19.3 Å². The third-order valence-electron chi connectivity index (χ3n) is 2.67. The van der Waals surface area contributed by atoms with Crippen molar-refractivity contribution < 1.29 is 4.74 Å². The predicted molar refractivity (Wildman–Crippen MR) is 62.7 cm³/mol. The molecule has 0 saturated carbocycles. The fourth-order valence-corrected chi connectivity index (χ4v) is 2.81. The van der Waals surface area contributed by atoms with Gasteiger partial charge in [-0.15, -0.1) is 11.3 Å². The van der Waals surface area contributed by atoms with Gasteiger partial charge in [-0.05, 0) is 17.5 Å². The van der Waals surface area contributed by atoms with Crippen molar-refractivity contribution in [3.63, 3.8) is 0 Å². The second-order valence-electron chi connectivity index (χ2n) is 3.56. The lowest BCUT2D eigenvalue weighted by atomic mass is 10.3. The van der Waals surface area contributed by atoms with Crippen molar-refractivity contribution in [1.82, 2.24) is 4.98 Å². The fraction of sp³-hybridized carbons (Fsp3) is 0.364. The SMILES string of the molecule is c1cc(N2CCOCC2)c2sccc2n1. The minimum absolute atomic E-state index is 0.829. The molecule has 0 atom stereocenters. The number of hydrogen-bond acceptors (Lipinski definition) is 4. The molecular formula is C11H12N2OS. The number of hydrogen-bond donors (Lipinski definition) is 0. The highest BCUT2D eigenvalue weighted by molar-refractivity contribution is 7.17. The summed E-state index contributed by atoms with van der Waals surface area (Å²) in [7, 11) is 0. The summed E-state index contributed by atoms with van der Waals surface area (Å²) in [5.74, 6) is 0. The monoisotopic (exact) mass is 220 g/mol. The lowest BCUT2D eigenvalue weighted by Crippen LogP contribution is -2.36. The van der Waals surface area contributed by atoms with E-state index in [1.165, 1.54) is 10.4 Å². The zero-order valence-electron chi connectivity index (χ0n) is 8.35. The van der Waals surface area contributed by atoms with Crippen LogP contribution in [0.1, 0.15) is 0 Å². The Morgan fingerprint density at radius 3 is 3.00 bits per heavy atom. The summed E-state index contributed by atoms with van der Waals surface area (Å²) in [6.45, 7) is 3.62. The van der Waals surface area contributed by atoms with Gasteiger partial charge in [0.1, 0.15) is 0 Å². The summed E-state index contributed by atoms with van der Waals surface area (Å²) >= 11 is 1.76. The van der Waals surface area contributed by atoms with E-state index < -0.39 is 0 Å². The molecule has 0 aromatic carbocycles. The minimum Gasteiger partial charge on any atom is -0.378 e. The number of nitrogens with zero attached hydrogens (tertiary/aromatic N) is 2. The van der Waals surface area contributed by atoms with Crippen molar-refractivity contribution in [2.24, 2.45) is 0 Å². The van der Waals surface area contributed by atoms with Crippen LogP contribution in [0, 0.1) is 0 Å². The van der Waals surface area contributed by atoms with Crippen LogP contribution >= 0.6 is 11.3 Å². The lowest BCUT2D eigenvalue weighted by molar-refractivity contribution is 0.123. The smallest absolute Gasteiger partial charge is 0.0830 e. The molecule has 1 aliphatic rings. The van der Waals surface area contributed by atoms with Crippen LogP contribution in [0.15, 0.2) is 23.7 Å². The summed E-state index contributed by atoms with van der Waals surface area (Å²) in [5, 5.41) is 2.10. The van der Waals surface area contributed by atoms with Crippen molar-refractivity contribution in [3.05, 3.63) is 23.7 Å². The summed E-state index contributed by atoms with van der Waals surface area (Å²) in [6, 6.07) is 4.17. The van der Waals surface area contributed by atoms with Gasteiger partial charge in [-0.3, -0.25) is 4.98 Å². The Kier molecular flexibility index (Phi) is 2.31. The van der Waals surface area contributed by atoms with Gasteiger partial charge in [-0.2, -0.15) is 0 Å². The van der Waals surface area contributed by atoms with Crippen LogP contribution in [-0.4, -0.2) is 31.3 Å². The van der Waals surface area contributed by atoms with Crippen LogP contribution in [-0.2, 0) is 4.74 Å². The molecule has 1 fully saturated rings. The predicted octanol–water partition coefficient (Wildman–Crippen LogP) is 2.13. The molecule has 0 aliphatic carbocycles. The van der Waals surface area contributed by atoms with Gasteiger partial charge in [0.05, 0.1) is 29.1 Å². The van der Waals surface area contributed by atoms with E-state index in [2.05, 4.69) is 27.4 Å². The maximum atomic E-state index is 5.36. The van der Waals surface area contributed by atoms with Gasteiger partial charge >= 0.3 is 0 Å². The average Bonchev–Trinajstić information content (AvgIpc) is 2.78. The molecule has 3 nitrogen and oxygen atoms in total. The van der Waals surface area contributed by atoms with E-state index >= 15 is 0 Å². The summed E-state index contributed by atoms with van der Waals surface area (Å²) in [4.78, 5) is 6.73. The molecule has 0 bridgehead atoms. The maximum absolute atomic E-state index is 5.36. The van der Waals surface area contributed by atoms with Gasteiger partial charge < -0.3 is 9.64 Å². The highest BCUT2D eigenvalue weighted by Gasteiger charge is 2.14. The van der Waals surface area contributed by atoms with Crippen LogP contribution in [0.5, 0.6) is 0 Å². The molecule has 2 aromatic rings. The van der Waals surface area contributed by atoms with Gasteiger partial charge in [0.15, 0.2) is 0 Å². The molecule has 1 saturated heterocycles. The number of anilines is 1. The van der Waals surface area contributed by atoms with E-state index in [-0.39, 0.29) is 0 Å². The van der Waals surface area contributed by atoms with Crippen LogP contribution in [0.25, 0.3) is 10.2 Å². The van der Waals surface area contributed by atoms with Crippen molar-refractivity contribution in [2.45, 2.75) is 0 Å². The van der Waals surface area contributed by atoms with Crippen molar-refractivity contribution in [3.8, 4) is 0 Å². The molecule has 1 aliphatic heterocycles. The zero-order chi connectivity index (χ0) is 10.1. The van der Waals surface area contributed by atoms with Crippen molar-refractivity contribution in [1.29, 1.82) is 0 Å². The number of morpholine rings is 1. The van der Waals surface area contributed by atoms with Crippen LogP contribution in [0.2, 0.25) is 0 Å². The van der Waals surface area contributed by atoms with Crippen molar-refractivity contribution >= 4 is 27.2 Å². The Bertz CT molecular complexity index is 462. The first-order valence-electron chi connectivity index (χ1n) is 5.10. The number of aromatic nitrogens is 1. The van der Waals surface area contributed by atoms with E-state index in [1.807, 2.05) is 6.20 Å². The first-order valence-corrected chi connectivity index (χ1v) is 5.98. The van der Waals surface area contributed by atoms with Gasteiger partial charge in [0.2, 0.25) is 0 Å². The second kappa shape index (κ2) is 3.79. The highest BCUT2D eigenvalue weighted by atomic mass is 32.1. The highest BCUT2D eigenvalue weighted by Crippen LogP contribution is 2.30. The average molecular weight is 220 g/mol. The maximum Gasteiger partial charge on any atom is 0.0830 e. The Hall–Kier alpha value is -1.13. The van der Waals surface area contributed by atoms with Gasteiger partial charge in [-0.25, -0.2) is 0 Å². The largest absolute Gasteiger partial charge is 0.378 e. The van der Waals surface area contributed by atoms with E-state index in [0.29, 0.717) is 0 Å². The molecule has 4 heteroatoms. The zero-order valence-corrected chi connectivity index (χ0v) is 9.17. The number of thiophene rings is 1. The molecule has 3 rings (SSSR count). The Morgan fingerprint density at radius 1 is 1.27 bits per heavy atom. The molecular weight excluding hydrogens is 208 g/mol. The van der Waals surface area contributed by atoms with Crippen LogP contribution in [0.3, 0.4) is 0 Å². The Morgan fingerprint density at radius 2 is 2.13 bits per heavy atom. The molecule has 0 spiro atoms. The van der Waals surface area contributed by atoms with E-state index in [0.717, 1.165) is 31.8 Å². The summed E-state index contributed by atoms with van der Waals surface area (Å²) in [6.07, 6.45) is 1.89. The van der Waals surface area contributed by atoms with Crippen LogP contribution < -0.4 is 4.90 Å². The lowest BCUT2D eigenvalue weighted by Gasteiger charge is -2.29. The molecule has 0 radical (unpaired) electrons. The topological polar surface area (TPSA) is 25.4 Å². The molecule has 0 amide bonds. The number of pyridine rings is 1. The molecule has 3 heterocycles. The number of fused-ring (bicyclic) bond motifs is 1. The number of ether oxygens (including phenoxy) is 1. The second-order valence-corrected chi connectivity index (χ2v) is 4.48. The Labute approximate surface area is 92.3 Å². The first kappa shape index (κ1) is 9.12. The van der Waals surface area contributed by atoms with Gasteiger partial charge in [0.25, 0.3) is 0 Å². The normalized spacial score (nSPS) is 17.2. The molecule has 0 unspecified atom stereocenters. The quantitative estimate of drug-likeness (QED) is 0.736. The molecule has 15 heavy (non-hydrogen) atoms. The molecule has 0 N–H and O–H groups in total. The van der Waals surface area contributed by atoms with E-state index in [9.17, 15) is 0 Å². The van der Waals surface area contributed by atoms with E-state index in [4.69, 9.17) is 4.74 Å². The Balaban J connectivity index is 2.05. The third-order valence-corrected chi connectivity index (χ3v) is 3.60. The minimum atomic E-state index is 0.829. The fourth-order valence-electron chi connectivity index (χ4n) is 1.91. The molecule has 2 aromatic heterocycles. The summed E-state index contributed by atoms with van der Waals surface area (Å²) in [5.41, 5.74) is 2.40. The number of rotatable bonds is 1. The van der Waals surface area contributed by atoms with E-state index in [1.54, 1.807) is 11.3 Å². The standard InChI is InChI=1S/C11H12N2OS/c1-3-12-9-2-8-15-11(9)10(1)13-4-6-14-7-5-13/h1-3,8H,4-7H2. The van der Waals surface area contributed by atoms with Gasteiger partial charge in [-0.1, -0.05) is 0 Å². The van der Waals surface area contributed by atoms with Crippen molar-refractivity contribution in [2.75, 3.05) is 31.2 Å². The third kappa shape index (κ3) is 1.60.